The second-order valence-electron chi connectivity index (χ2n) is 5.85. The van der Waals surface area contributed by atoms with E-state index in [1.165, 1.54) is 6.92 Å². The van der Waals surface area contributed by atoms with Gasteiger partial charge in [0.05, 0.1) is 11.0 Å². The van der Waals surface area contributed by atoms with Gasteiger partial charge in [-0.1, -0.05) is 29.8 Å². The van der Waals surface area contributed by atoms with Gasteiger partial charge in [0.25, 0.3) is 0 Å². The molecule has 7 nitrogen and oxygen atoms in total. The van der Waals surface area contributed by atoms with Gasteiger partial charge in [-0.2, -0.15) is 5.26 Å². The zero-order chi connectivity index (χ0) is 20.1. The van der Waals surface area contributed by atoms with Crippen LogP contribution < -0.4 is 4.74 Å². The maximum Gasteiger partial charge on any atom is 0.344 e. The van der Waals surface area contributed by atoms with E-state index in [1.807, 2.05) is 18.2 Å². The van der Waals surface area contributed by atoms with Gasteiger partial charge in [0.15, 0.2) is 24.3 Å². The van der Waals surface area contributed by atoms with Crippen LogP contribution in [-0.2, 0) is 9.53 Å². The van der Waals surface area contributed by atoms with Gasteiger partial charge >= 0.3 is 5.97 Å². The molecule has 142 valence electrons. The maximum absolute atomic E-state index is 12.0. The number of allylic oxidation sites excluding steroid dienone is 1. The number of para-hydroxylation sites is 2. The highest BCUT2D eigenvalue weighted by Crippen LogP contribution is 2.21. The molecule has 1 aromatic heterocycles. The highest BCUT2D eigenvalue weighted by molar-refractivity contribution is 6.30. The van der Waals surface area contributed by atoms with Gasteiger partial charge in [-0.3, -0.25) is 0 Å². The molecule has 0 aliphatic carbocycles. The number of benzene rings is 2. The highest BCUT2D eigenvalue weighted by atomic mass is 35.5. The minimum absolute atomic E-state index is 0.104. The van der Waals surface area contributed by atoms with E-state index in [0.29, 0.717) is 16.3 Å². The number of hydrogen-bond acceptors (Lipinski definition) is 6. The topological polar surface area (TPSA) is 108 Å². The summed E-state index contributed by atoms with van der Waals surface area (Å²) < 4.78 is 10.4. The molecule has 0 radical (unpaired) electrons. The molecule has 0 saturated carbocycles. The number of esters is 1. The molecular weight excluding hydrogens is 382 g/mol. The normalized spacial score (nSPS) is 12.8. The van der Waals surface area contributed by atoms with Crippen LogP contribution in [0.25, 0.3) is 16.6 Å². The number of imidazole rings is 1. The summed E-state index contributed by atoms with van der Waals surface area (Å²) >= 11 is 5.85. The third kappa shape index (κ3) is 4.42. The molecule has 0 aliphatic rings. The quantitative estimate of drug-likeness (QED) is 0.369. The molecule has 3 aromatic rings. The minimum Gasteiger partial charge on any atom is -0.507 e. The first-order valence-electron chi connectivity index (χ1n) is 8.34. The van der Waals surface area contributed by atoms with Crippen LogP contribution in [0.5, 0.6) is 5.75 Å². The summed E-state index contributed by atoms with van der Waals surface area (Å²) in [5, 5.41) is 20.3. The molecule has 0 fully saturated rings. The first-order valence-corrected chi connectivity index (χ1v) is 8.72. The van der Waals surface area contributed by atoms with Crippen molar-refractivity contribution in [3.8, 4) is 11.8 Å². The summed E-state index contributed by atoms with van der Waals surface area (Å²) in [5.41, 5.74) is 1.27. The van der Waals surface area contributed by atoms with Crippen LogP contribution in [0.1, 0.15) is 12.7 Å². The summed E-state index contributed by atoms with van der Waals surface area (Å²) in [6.45, 7) is 1.08. The smallest absolute Gasteiger partial charge is 0.344 e. The average Bonchev–Trinajstić information content (AvgIpc) is 3.10. The number of carbonyl (C=O) groups excluding carboxylic acids is 1. The standard InChI is InChI=1S/C20H16ClN3O4/c1-12(28-18(25)11-27-14-6-4-5-13(21)9-14)19(26)15(10-22)20-23-16-7-2-3-8-17(16)24-20/h2-9,12,26H,11H2,1H3,(H,23,24)/b19-15-/t12-/m1/s1. The van der Waals surface area contributed by atoms with Crippen molar-refractivity contribution >= 4 is 34.2 Å². The number of nitrogens with one attached hydrogen (secondary N) is 1. The number of rotatable bonds is 6. The third-order valence-corrected chi connectivity index (χ3v) is 4.08. The molecule has 8 heteroatoms. The summed E-state index contributed by atoms with van der Waals surface area (Å²) in [7, 11) is 0. The third-order valence-electron chi connectivity index (χ3n) is 3.84. The van der Waals surface area contributed by atoms with Crippen LogP contribution >= 0.6 is 11.6 Å². The number of fused-ring (bicyclic) bond motifs is 1. The van der Waals surface area contributed by atoms with Crippen LogP contribution in [0.4, 0.5) is 0 Å². The lowest BCUT2D eigenvalue weighted by Crippen LogP contribution is -2.23. The van der Waals surface area contributed by atoms with Gasteiger partial charge in [-0.05, 0) is 37.3 Å². The lowest BCUT2D eigenvalue weighted by Gasteiger charge is -2.14. The Morgan fingerprint density at radius 2 is 2.11 bits per heavy atom. The Morgan fingerprint density at radius 1 is 1.32 bits per heavy atom. The van der Waals surface area contributed by atoms with E-state index in [0.717, 1.165) is 5.52 Å². The molecule has 2 N–H and O–H groups in total. The maximum atomic E-state index is 12.0. The summed E-state index contributed by atoms with van der Waals surface area (Å²) in [5.74, 6) is -0.505. The van der Waals surface area contributed by atoms with Crippen molar-refractivity contribution in [1.29, 1.82) is 5.26 Å². The van der Waals surface area contributed by atoms with Crippen molar-refractivity contribution in [1.82, 2.24) is 9.97 Å². The molecule has 1 atom stereocenters. The second-order valence-corrected chi connectivity index (χ2v) is 6.29. The molecule has 0 unspecified atom stereocenters. The molecular formula is C20H16ClN3O4. The van der Waals surface area contributed by atoms with Gasteiger partial charge < -0.3 is 19.6 Å². The first-order chi connectivity index (χ1) is 13.5. The van der Waals surface area contributed by atoms with Crippen molar-refractivity contribution in [2.24, 2.45) is 0 Å². The van der Waals surface area contributed by atoms with Crippen molar-refractivity contribution in [2.75, 3.05) is 6.61 Å². The highest BCUT2D eigenvalue weighted by Gasteiger charge is 2.21. The molecule has 3 rings (SSSR count). The van der Waals surface area contributed by atoms with E-state index in [9.17, 15) is 15.2 Å². The Morgan fingerprint density at radius 3 is 2.82 bits per heavy atom. The predicted molar refractivity (Wildman–Crippen MR) is 104 cm³/mol. The van der Waals surface area contributed by atoms with Gasteiger partial charge in [-0.15, -0.1) is 0 Å². The summed E-state index contributed by atoms with van der Waals surface area (Å²) in [4.78, 5) is 19.2. The number of ether oxygens (including phenoxy) is 2. The molecule has 1 heterocycles. The molecule has 28 heavy (non-hydrogen) atoms. The van der Waals surface area contributed by atoms with Gasteiger partial charge in [0, 0.05) is 5.02 Å². The first kappa shape index (κ1) is 19.3. The molecule has 0 aliphatic heterocycles. The van der Waals surface area contributed by atoms with Crippen molar-refractivity contribution in [3.63, 3.8) is 0 Å². The van der Waals surface area contributed by atoms with Crippen LogP contribution in [-0.4, -0.2) is 33.8 Å². The number of hydrogen-bond donors (Lipinski definition) is 2. The van der Waals surface area contributed by atoms with E-state index >= 15 is 0 Å². The largest absolute Gasteiger partial charge is 0.507 e. The molecule has 0 saturated heterocycles. The number of aliphatic hydroxyl groups excluding tert-OH is 1. The molecule has 0 spiro atoms. The summed E-state index contributed by atoms with van der Waals surface area (Å²) in [6.07, 6.45) is -1.06. The fraction of sp³-hybridized carbons (Fsp3) is 0.150. The Balaban J connectivity index is 1.69. The predicted octanol–water partition coefficient (Wildman–Crippen LogP) is 4.02. The number of aliphatic hydroxyl groups is 1. The van der Waals surface area contributed by atoms with Crippen LogP contribution in [0.2, 0.25) is 5.02 Å². The number of halogens is 1. The number of carbonyl (C=O) groups is 1. The van der Waals surface area contributed by atoms with Gasteiger partial charge in [0.2, 0.25) is 0 Å². The molecule has 0 amide bonds. The van der Waals surface area contributed by atoms with Gasteiger partial charge in [0.1, 0.15) is 17.4 Å². The van der Waals surface area contributed by atoms with E-state index < -0.39 is 17.8 Å². The zero-order valence-electron chi connectivity index (χ0n) is 14.8. The fourth-order valence-electron chi connectivity index (χ4n) is 2.49. The van der Waals surface area contributed by atoms with Crippen molar-refractivity contribution in [2.45, 2.75) is 13.0 Å². The number of aromatic amines is 1. The van der Waals surface area contributed by atoms with E-state index in [4.69, 9.17) is 21.1 Å². The van der Waals surface area contributed by atoms with Crippen molar-refractivity contribution in [3.05, 3.63) is 65.1 Å². The van der Waals surface area contributed by atoms with Crippen LogP contribution in [0.15, 0.2) is 54.3 Å². The Kier molecular flexibility index (Phi) is 5.82. The Hall–Kier alpha value is -3.50. The lowest BCUT2D eigenvalue weighted by molar-refractivity contribution is -0.150. The van der Waals surface area contributed by atoms with Gasteiger partial charge in [-0.25, -0.2) is 9.78 Å². The van der Waals surface area contributed by atoms with E-state index in [-0.39, 0.29) is 18.0 Å². The van der Waals surface area contributed by atoms with Crippen LogP contribution in [0, 0.1) is 11.3 Å². The Bertz CT molecular complexity index is 1050. The van der Waals surface area contributed by atoms with Crippen molar-refractivity contribution < 1.29 is 19.4 Å². The monoisotopic (exact) mass is 397 g/mol. The fourth-order valence-corrected chi connectivity index (χ4v) is 2.67. The molecule has 2 aromatic carbocycles. The second kappa shape index (κ2) is 8.46. The zero-order valence-corrected chi connectivity index (χ0v) is 15.6. The SMILES string of the molecule is C[C@@H](OC(=O)COc1cccc(Cl)c1)/C(O)=C(\C#N)c1nc2ccccc2[nH]1. The number of H-pyrrole nitrogens is 1. The summed E-state index contributed by atoms with van der Waals surface area (Å²) in [6, 6.07) is 15.7. The lowest BCUT2D eigenvalue weighted by atomic mass is 10.2. The number of aromatic nitrogens is 2. The number of nitrogens with zero attached hydrogens (tertiary/aromatic N) is 2. The van der Waals surface area contributed by atoms with Crippen LogP contribution in [0.3, 0.4) is 0 Å². The molecule has 0 bridgehead atoms. The number of nitriles is 1. The minimum atomic E-state index is -1.06. The average molecular weight is 398 g/mol. The Labute approximate surface area is 165 Å². The van der Waals surface area contributed by atoms with E-state index in [1.54, 1.807) is 36.4 Å². The van der Waals surface area contributed by atoms with E-state index in [2.05, 4.69) is 9.97 Å².